The van der Waals surface area contributed by atoms with Crippen LogP contribution in [-0.2, 0) is 0 Å². The summed E-state index contributed by atoms with van der Waals surface area (Å²) in [6.07, 6.45) is 5.44. The molecule has 0 saturated heterocycles. The quantitative estimate of drug-likeness (QED) is 0.818. The maximum atomic E-state index is 11.4. The molecule has 0 fully saturated rings. The van der Waals surface area contributed by atoms with E-state index in [0.29, 0.717) is 11.6 Å². The van der Waals surface area contributed by atoms with E-state index in [1.807, 2.05) is 25.1 Å². The number of hydrogen-bond donors (Lipinski definition) is 1. The third kappa shape index (κ3) is 1.95. The lowest BCUT2D eigenvalue weighted by molar-refractivity contribution is 0.1000. The summed E-state index contributed by atoms with van der Waals surface area (Å²) >= 11 is 1.32. The number of nitrogens with two attached hydrogens (primary N) is 1. The zero-order valence-corrected chi connectivity index (χ0v) is 11.7. The van der Waals surface area contributed by atoms with Crippen LogP contribution in [0.15, 0.2) is 18.2 Å². The van der Waals surface area contributed by atoms with E-state index < -0.39 is 5.91 Å². The fourth-order valence-corrected chi connectivity index (χ4v) is 3.15. The van der Waals surface area contributed by atoms with Gasteiger partial charge in [0.05, 0.1) is 12.3 Å². The number of thiazole rings is 1. The van der Waals surface area contributed by atoms with E-state index in [0.717, 1.165) is 27.4 Å². The summed E-state index contributed by atoms with van der Waals surface area (Å²) in [4.78, 5) is 16.7. The molecular formula is C15H12N2O2S. The van der Waals surface area contributed by atoms with Crippen molar-refractivity contribution in [3.05, 3.63) is 33.6 Å². The molecule has 4 nitrogen and oxygen atoms in total. The van der Waals surface area contributed by atoms with E-state index in [2.05, 4.69) is 10.9 Å². The van der Waals surface area contributed by atoms with Crippen molar-refractivity contribution < 1.29 is 9.53 Å². The molecule has 0 saturated carbocycles. The summed E-state index contributed by atoms with van der Waals surface area (Å²) in [7, 11) is 0. The summed E-state index contributed by atoms with van der Waals surface area (Å²) in [6, 6.07) is 5.53. The minimum absolute atomic E-state index is 0.150. The van der Waals surface area contributed by atoms with Crippen molar-refractivity contribution in [2.75, 3.05) is 6.61 Å². The van der Waals surface area contributed by atoms with Gasteiger partial charge in [-0.2, -0.15) is 0 Å². The van der Waals surface area contributed by atoms with Crippen molar-refractivity contribution in [3.63, 3.8) is 0 Å². The molecule has 2 N–H and O–H groups in total. The summed E-state index contributed by atoms with van der Waals surface area (Å²) in [5.41, 5.74) is 7.66. The molecule has 0 radical (unpaired) electrons. The second-order valence-corrected chi connectivity index (χ2v) is 5.69. The van der Waals surface area contributed by atoms with Gasteiger partial charge in [-0.1, -0.05) is 12.8 Å². The molecule has 2 heterocycles. The van der Waals surface area contributed by atoms with Crippen molar-refractivity contribution in [1.29, 1.82) is 0 Å². The molecule has 1 amide bonds. The van der Waals surface area contributed by atoms with E-state index in [1.165, 1.54) is 11.3 Å². The molecule has 1 unspecified atom stereocenters. The Morgan fingerprint density at radius 1 is 1.60 bits per heavy atom. The molecule has 1 aromatic carbocycles. The highest BCUT2D eigenvalue weighted by molar-refractivity contribution is 7.14. The lowest BCUT2D eigenvalue weighted by Gasteiger charge is -2.08. The molecule has 1 aromatic heterocycles. The highest BCUT2D eigenvalue weighted by atomic mass is 32.1. The highest BCUT2D eigenvalue weighted by Crippen LogP contribution is 2.41. The van der Waals surface area contributed by atoms with E-state index in [9.17, 15) is 4.79 Å². The van der Waals surface area contributed by atoms with Gasteiger partial charge in [0.25, 0.3) is 5.91 Å². The lowest BCUT2D eigenvalue weighted by atomic mass is 10.0. The average molecular weight is 284 g/mol. The van der Waals surface area contributed by atoms with Gasteiger partial charge in [0, 0.05) is 21.9 Å². The largest absolute Gasteiger partial charge is 0.492 e. The Hall–Kier alpha value is -2.32. The zero-order valence-electron chi connectivity index (χ0n) is 10.8. The highest BCUT2D eigenvalue weighted by Gasteiger charge is 2.26. The first-order chi connectivity index (χ1) is 9.60. The first kappa shape index (κ1) is 12.7. The van der Waals surface area contributed by atoms with E-state index >= 15 is 0 Å². The van der Waals surface area contributed by atoms with Crippen LogP contribution in [0.5, 0.6) is 5.75 Å². The minimum Gasteiger partial charge on any atom is -0.492 e. The Morgan fingerprint density at radius 3 is 3.10 bits per heavy atom. The number of benzene rings is 1. The van der Waals surface area contributed by atoms with Gasteiger partial charge in [0.2, 0.25) is 0 Å². The van der Waals surface area contributed by atoms with Crippen molar-refractivity contribution in [2.24, 2.45) is 5.73 Å². The number of amides is 1. The molecule has 1 aliphatic heterocycles. The van der Waals surface area contributed by atoms with Crippen LogP contribution in [0.25, 0.3) is 11.3 Å². The first-order valence-electron chi connectivity index (χ1n) is 6.14. The molecule has 100 valence electrons. The second kappa shape index (κ2) is 4.66. The fourth-order valence-electron chi connectivity index (χ4n) is 2.19. The van der Waals surface area contributed by atoms with Gasteiger partial charge in [-0.3, -0.25) is 4.79 Å². The number of fused-ring (bicyclic) bond motifs is 3. The molecule has 2 aromatic rings. The molecule has 5 heteroatoms. The number of aromatic nitrogens is 1. The maximum absolute atomic E-state index is 11.4. The smallest absolute Gasteiger partial charge is 0.277 e. The van der Waals surface area contributed by atoms with Gasteiger partial charge in [-0.25, -0.2) is 4.98 Å². The van der Waals surface area contributed by atoms with Crippen LogP contribution in [0.3, 0.4) is 0 Å². The standard InChI is InChI=1S/C15H12N2O2S/c1-3-9-4-5-11-10(6-9)12-13(8(2)7-19-11)20-15(17-12)14(16)18/h1,4-6,8H,7H2,2H3,(H2,16,18). The summed E-state index contributed by atoms with van der Waals surface area (Å²) in [6.45, 7) is 2.57. The van der Waals surface area contributed by atoms with Gasteiger partial charge >= 0.3 is 0 Å². The first-order valence-corrected chi connectivity index (χ1v) is 6.96. The van der Waals surface area contributed by atoms with Gasteiger partial charge in [-0.15, -0.1) is 17.8 Å². The number of primary amides is 1. The number of carbonyl (C=O) groups is 1. The van der Waals surface area contributed by atoms with Crippen molar-refractivity contribution in [1.82, 2.24) is 4.98 Å². The fraction of sp³-hybridized carbons (Fsp3) is 0.200. The monoisotopic (exact) mass is 284 g/mol. The second-order valence-electron chi connectivity index (χ2n) is 4.66. The van der Waals surface area contributed by atoms with Gasteiger partial charge < -0.3 is 10.5 Å². The Morgan fingerprint density at radius 2 is 2.40 bits per heavy atom. The SMILES string of the molecule is C#Cc1ccc2c(c1)-c1nc(C(N)=O)sc1C(C)CO2. The predicted octanol–water partition coefficient (Wildman–Crippen LogP) is 2.39. The van der Waals surface area contributed by atoms with Crippen LogP contribution in [0.1, 0.15) is 33.1 Å². The lowest BCUT2D eigenvalue weighted by Crippen LogP contribution is -2.10. The third-order valence-electron chi connectivity index (χ3n) is 3.20. The number of terminal acetylenes is 1. The number of nitrogens with zero attached hydrogens (tertiary/aromatic N) is 1. The zero-order chi connectivity index (χ0) is 14.3. The number of rotatable bonds is 1. The van der Waals surface area contributed by atoms with Crippen LogP contribution in [0.4, 0.5) is 0 Å². The van der Waals surface area contributed by atoms with Gasteiger partial charge in [0.15, 0.2) is 5.01 Å². The molecule has 1 aliphatic rings. The Balaban J connectivity index is 2.26. The summed E-state index contributed by atoms with van der Waals surface area (Å²) in [5.74, 6) is 2.97. The summed E-state index contributed by atoms with van der Waals surface area (Å²) in [5, 5.41) is 0.320. The molecule has 3 rings (SSSR count). The third-order valence-corrected chi connectivity index (χ3v) is 4.50. The van der Waals surface area contributed by atoms with Crippen LogP contribution >= 0.6 is 11.3 Å². The number of hydrogen-bond acceptors (Lipinski definition) is 4. The van der Waals surface area contributed by atoms with Crippen LogP contribution in [0.2, 0.25) is 0 Å². The molecule has 0 bridgehead atoms. The Labute approximate surface area is 120 Å². The van der Waals surface area contributed by atoms with Crippen LogP contribution < -0.4 is 10.5 Å². The number of ether oxygens (including phenoxy) is 1. The predicted molar refractivity (Wildman–Crippen MR) is 77.9 cm³/mol. The van der Waals surface area contributed by atoms with Crippen molar-refractivity contribution >= 4 is 17.2 Å². The van der Waals surface area contributed by atoms with Crippen molar-refractivity contribution in [3.8, 4) is 29.4 Å². The molecule has 0 aliphatic carbocycles. The van der Waals surface area contributed by atoms with Crippen LogP contribution in [0, 0.1) is 12.3 Å². The summed E-state index contributed by atoms with van der Waals surface area (Å²) < 4.78 is 5.78. The van der Waals surface area contributed by atoms with Crippen LogP contribution in [-0.4, -0.2) is 17.5 Å². The Kier molecular flexibility index (Phi) is 2.96. The normalized spacial score (nSPS) is 16.3. The number of carbonyl (C=O) groups excluding carboxylic acids is 1. The van der Waals surface area contributed by atoms with Gasteiger partial charge in [-0.05, 0) is 18.2 Å². The van der Waals surface area contributed by atoms with E-state index in [-0.39, 0.29) is 5.92 Å². The van der Waals surface area contributed by atoms with Crippen molar-refractivity contribution in [2.45, 2.75) is 12.8 Å². The maximum Gasteiger partial charge on any atom is 0.277 e. The minimum atomic E-state index is -0.508. The molecule has 0 spiro atoms. The molecule has 20 heavy (non-hydrogen) atoms. The topological polar surface area (TPSA) is 65.2 Å². The van der Waals surface area contributed by atoms with E-state index in [4.69, 9.17) is 16.9 Å². The Bertz CT molecular complexity index is 743. The van der Waals surface area contributed by atoms with Gasteiger partial charge in [0.1, 0.15) is 5.75 Å². The molecule has 1 atom stereocenters. The van der Waals surface area contributed by atoms with E-state index in [1.54, 1.807) is 0 Å². The molecular weight excluding hydrogens is 272 g/mol. The average Bonchev–Trinajstić information content (AvgIpc) is 2.85.